The largest absolute Gasteiger partial charge is 0.353 e. The zero-order valence-electron chi connectivity index (χ0n) is 8.62. The van der Waals surface area contributed by atoms with Gasteiger partial charge in [-0.25, -0.2) is 0 Å². The lowest BCUT2D eigenvalue weighted by molar-refractivity contribution is -0.222. The summed E-state index contributed by atoms with van der Waals surface area (Å²) in [6.07, 6.45) is 1.32. The first-order chi connectivity index (χ1) is 6.76. The number of carbonyl (C=O) groups excluding carboxylic acids is 1. The minimum atomic E-state index is -0.580. The summed E-state index contributed by atoms with van der Waals surface area (Å²) < 4.78 is 15.2. The lowest BCUT2D eigenvalue weighted by Crippen LogP contribution is -2.33. The summed E-state index contributed by atoms with van der Waals surface area (Å²) in [5.74, 6) is 0.0527. The summed E-state index contributed by atoms with van der Waals surface area (Å²) >= 11 is 0. The summed E-state index contributed by atoms with van der Waals surface area (Å²) in [6.45, 7) is 2.34. The number of ether oxygens (including phenoxy) is 3. The molecule has 2 unspecified atom stereocenters. The van der Waals surface area contributed by atoms with Crippen molar-refractivity contribution in [2.45, 2.75) is 32.3 Å². The van der Waals surface area contributed by atoms with Crippen molar-refractivity contribution in [2.75, 3.05) is 20.3 Å². The fourth-order valence-corrected chi connectivity index (χ4v) is 1.20. The molecule has 0 bridgehead atoms. The molecule has 0 radical (unpaired) electrons. The number of hydrogen-bond donors (Lipinski definition) is 1. The molecule has 1 rings (SSSR count). The highest BCUT2D eigenvalue weighted by molar-refractivity contribution is 5.75. The molecule has 0 spiro atoms. The van der Waals surface area contributed by atoms with E-state index in [4.69, 9.17) is 14.2 Å². The third-order valence-corrected chi connectivity index (χ3v) is 1.92. The van der Waals surface area contributed by atoms with Crippen molar-refractivity contribution in [3.05, 3.63) is 0 Å². The Kier molecular flexibility index (Phi) is 4.86. The van der Waals surface area contributed by atoms with Gasteiger partial charge >= 0.3 is 0 Å². The zero-order valence-corrected chi connectivity index (χ0v) is 8.62. The third kappa shape index (κ3) is 3.61. The maximum absolute atomic E-state index is 11.1. The Morgan fingerprint density at radius 1 is 1.64 bits per heavy atom. The van der Waals surface area contributed by atoms with Crippen molar-refractivity contribution in [1.29, 1.82) is 0 Å². The molecule has 14 heavy (non-hydrogen) atoms. The monoisotopic (exact) mass is 203 g/mol. The summed E-state index contributed by atoms with van der Waals surface area (Å²) in [7, 11) is 1.52. The second-order valence-electron chi connectivity index (χ2n) is 3.17. The van der Waals surface area contributed by atoms with Crippen LogP contribution in [0.2, 0.25) is 0 Å². The Hall–Kier alpha value is -0.650. The van der Waals surface area contributed by atoms with Crippen molar-refractivity contribution in [1.82, 2.24) is 5.32 Å². The molecule has 0 aromatic carbocycles. The van der Waals surface area contributed by atoms with Gasteiger partial charge in [-0.05, 0) is 6.42 Å². The van der Waals surface area contributed by atoms with E-state index in [0.29, 0.717) is 19.6 Å². The van der Waals surface area contributed by atoms with Gasteiger partial charge in [0.1, 0.15) is 6.10 Å². The van der Waals surface area contributed by atoms with Crippen LogP contribution < -0.4 is 5.32 Å². The summed E-state index contributed by atoms with van der Waals surface area (Å²) in [5, 5.41) is 2.77. The van der Waals surface area contributed by atoms with E-state index in [2.05, 4.69) is 5.32 Å². The smallest absolute Gasteiger partial charge is 0.271 e. The van der Waals surface area contributed by atoms with E-state index < -0.39 is 6.48 Å². The molecule has 0 aliphatic carbocycles. The van der Waals surface area contributed by atoms with Gasteiger partial charge < -0.3 is 19.5 Å². The molecule has 0 aromatic rings. The molecule has 1 amide bonds. The highest BCUT2D eigenvalue weighted by Gasteiger charge is 2.25. The van der Waals surface area contributed by atoms with E-state index in [9.17, 15) is 4.79 Å². The maximum atomic E-state index is 11.1. The first-order valence-corrected chi connectivity index (χ1v) is 4.82. The van der Waals surface area contributed by atoms with Crippen LogP contribution in [0.1, 0.15) is 19.8 Å². The van der Waals surface area contributed by atoms with Gasteiger partial charge in [-0.1, -0.05) is 6.92 Å². The number of methoxy groups -OCH3 is 1. The van der Waals surface area contributed by atoms with E-state index in [1.807, 2.05) is 6.92 Å². The van der Waals surface area contributed by atoms with Gasteiger partial charge in [-0.15, -0.1) is 0 Å². The average Bonchev–Trinajstić information content (AvgIpc) is 2.63. The fourth-order valence-electron chi connectivity index (χ4n) is 1.20. The molecule has 1 fully saturated rings. The molecule has 1 N–H and O–H groups in total. The van der Waals surface area contributed by atoms with Crippen LogP contribution in [0.15, 0.2) is 0 Å². The van der Waals surface area contributed by atoms with E-state index in [1.54, 1.807) is 0 Å². The highest BCUT2D eigenvalue weighted by Crippen LogP contribution is 2.10. The van der Waals surface area contributed by atoms with E-state index in [1.165, 1.54) is 7.11 Å². The van der Waals surface area contributed by atoms with Crippen LogP contribution >= 0.6 is 0 Å². The lowest BCUT2D eigenvalue weighted by Gasteiger charge is -2.10. The summed E-state index contributed by atoms with van der Waals surface area (Å²) in [5.41, 5.74) is 0. The minimum Gasteiger partial charge on any atom is -0.353 e. The standard InChI is InChI=1S/C9H17NO4/c1-3-4-8(11)10-5-7-6-13-9(12-2)14-7/h7,9H,3-6H2,1-2H3,(H,10,11). The molecule has 82 valence electrons. The number of nitrogens with one attached hydrogen (secondary N) is 1. The summed E-state index contributed by atoms with van der Waals surface area (Å²) in [6, 6.07) is 0. The number of amides is 1. The molecule has 2 atom stereocenters. The molecule has 1 aliphatic rings. The lowest BCUT2D eigenvalue weighted by atomic mass is 10.3. The van der Waals surface area contributed by atoms with Crippen molar-refractivity contribution < 1.29 is 19.0 Å². The maximum Gasteiger partial charge on any atom is 0.271 e. The quantitative estimate of drug-likeness (QED) is 0.695. The van der Waals surface area contributed by atoms with Crippen LogP contribution in [0, 0.1) is 0 Å². The van der Waals surface area contributed by atoms with Crippen molar-refractivity contribution in [3.8, 4) is 0 Å². The van der Waals surface area contributed by atoms with Gasteiger partial charge in [0.05, 0.1) is 6.61 Å². The predicted octanol–water partition coefficient (Wildman–Crippen LogP) is 0.248. The molecule has 0 saturated carbocycles. The van der Waals surface area contributed by atoms with Crippen LogP contribution in [-0.4, -0.2) is 38.7 Å². The SMILES string of the molecule is CCCC(=O)NCC1COC(OC)O1. The first-order valence-electron chi connectivity index (χ1n) is 4.82. The molecular weight excluding hydrogens is 186 g/mol. The van der Waals surface area contributed by atoms with Gasteiger partial charge in [-0.2, -0.15) is 0 Å². The van der Waals surface area contributed by atoms with Gasteiger partial charge in [0, 0.05) is 20.1 Å². The molecule has 1 heterocycles. The molecule has 5 heteroatoms. The Morgan fingerprint density at radius 2 is 2.43 bits per heavy atom. The van der Waals surface area contributed by atoms with E-state index >= 15 is 0 Å². The zero-order chi connectivity index (χ0) is 10.4. The van der Waals surface area contributed by atoms with Gasteiger partial charge in [-0.3, -0.25) is 4.79 Å². The Labute approximate surface area is 83.7 Å². The number of hydrogen-bond acceptors (Lipinski definition) is 4. The van der Waals surface area contributed by atoms with Crippen LogP contribution in [-0.2, 0) is 19.0 Å². The van der Waals surface area contributed by atoms with E-state index in [0.717, 1.165) is 6.42 Å². The topological polar surface area (TPSA) is 56.8 Å². The number of rotatable bonds is 5. The molecular formula is C9H17NO4. The average molecular weight is 203 g/mol. The molecule has 1 saturated heterocycles. The normalized spacial score (nSPS) is 26.4. The molecule has 1 aliphatic heterocycles. The van der Waals surface area contributed by atoms with Crippen LogP contribution in [0.5, 0.6) is 0 Å². The Morgan fingerprint density at radius 3 is 3.00 bits per heavy atom. The molecule has 5 nitrogen and oxygen atoms in total. The van der Waals surface area contributed by atoms with Crippen molar-refractivity contribution >= 4 is 5.91 Å². The Balaban J connectivity index is 2.11. The highest BCUT2D eigenvalue weighted by atomic mass is 16.9. The molecule has 0 aromatic heterocycles. The van der Waals surface area contributed by atoms with E-state index in [-0.39, 0.29) is 12.0 Å². The van der Waals surface area contributed by atoms with Crippen LogP contribution in [0.3, 0.4) is 0 Å². The second-order valence-corrected chi connectivity index (χ2v) is 3.17. The van der Waals surface area contributed by atoms with Gasteiger partial charge in [0.15, 0.2) is 0 Å². The third-order valence-electron chi connectivity index (χ3n) is 1.92. The first kappa shape index (κ1) is 11.4. The van der Waals surface area contributed by atoms with Gasteiger partial charge in [0.2, 0.25) is 5.91 Å². The second kappa shape index (κ2) is 5.95. The summed E-state index contributed by atoms with van der Waals surface area (Å²) in [4.78, 5) is 11.1. The van der Waals surface area contributed by atoms with Crippen molar-refractivity contribution in [3.63, 3.8) is 0 Å². The van der Waals surface area contributed by atoms with Gasteiger partial charge in [0.25, 0.3) is 6.48 Å². The van der Waals surface area contributed by atoms with Crippen LogP contribution in [0.25, 0.3) is 0 Å². The Bertz CT molecular complexity index is 186. The fraction of sp³-hybridized carbons (Fsp3) is 0.889. The van der Waals surface area contributed by atoms with Crippen LogP contribution in [0.4, 0.5) is 0 Å². The predicted molar refractivity (Wildman–Crippen MR) is 49.5 cm³/mol. The minimum absolute atomic E-state index is 0.0527. The number of carbonyl (C=O) groups is 1. The van der Waals surface area contributed by atoms with Crippen molar-refractivity contribution in [2.24, 2.45) is 0 Å².